The van der Waals surface area contributed by atoms with Crippen LogP contribution >= 0.6 is 0 Å². The Hall–Kier alpha value is -1.02. The van der Waals surface area contributed by atoms with Crippen LogP contribution in [0.5, 0.6) is 5.75 Å². The number of aliphatic hydroxyl groups is 1. The van der Waals surface area contributed by atoms with E-state index in [1.54, 1.807) is 0 Å². The molecule has 0 spiro atoms. The molecule has 0 aliphatic carbocycles. The van der Waals surface area contributed by atoms with Gasteiger partial charge in [-0.05, 0) is 31.2 Å². The van der Waals surface area contributed by atoms with Crippen molar-refractivity contribution in [2.75, 3.05) is 6.61 Å². The third-order valence-corrected chi connectivity index (χ3v) is 2.85. The van der Waals surface area contributed by atoms with E-state index in [0.717, 1.165) is 30.3 Å². The number of ether oxygens (including phenoxy) is 1. The molecular weight excluding hydrogens is 212 g/mol. The van der Waals surface area contributed by atoms with Crippen molar-refractivity contribution in [2.45, 2.75) is 46.1 Å². The highest BCUT2D eigenvalue weighted by Crippen LogP contribution is 2.27. The maximum atomic E-state index is 9.87. The van der Waals surface area contributed by atoms with E-state index in [-0.39, 0.29) is 0 Å². The molecule has 0 saturated carbocycles. The van der Waals surface area contributed by atoms with Crippen LogP contribution in [0.1, 0.15) is 51.7 Å². The second-order valence-corrected chi connectivity index (χ2v) is 4.85. The van der Waals surface area contributed by atoms with Gasteiger partial charge in [-0.15, -0.1) is 0 Å². The van der Waals surface area contributed by atoms with Gasteiger partial charge in [0, 0.05) is 5.56 Å². The van der Waals surface area contributed by atoms with Gasteiger partial charge >= 0.3 is 0 Å². The van der Waals surface area contributed by atoms with Crippen LogP contribution in [-0.2, 0) is 0 Å². The number of para-hydroxylation sites is 1. The van der Waals surface area contributed by atoms with Crippen molar-refractivity contribution in [1.82, 2.24) is 0 Å². The Morgan fingerprint density at radius 1 is 1.24 bits per heavy atom. The molecular formula is C15H24O2. The van der Waals surface area contributed by atoms with Crippen LogP contribution in [0.4, 0.5) is 0 Å². The summed E-state index contributed by atoms with van der Waals surface area (Å²) < 4.78 is 5.75. The lowest BCUT2D eigenvalue weighted by atomic mass is 10.1. The summed E-state index contributed by atoms with van der Waals surface area (Å²) >= 11 is 0. The Kier molecular flexibility index (Phi) is 6.06. The van der Waals surface area contributed by atoms with Gasteiger partial charge in [0.25, 0.3) is 0 Å². The highest BCUT2D eigenvalue weighted by Gasteiger charge is 2.10. The van der Waals surface area contributed by atoms with Gasteiger partial charge in [-0.3, -0.25) is 0 Å². The van der Waals surface area contributed by atoms with Crippen molar-refractivity contribution < 1.29 is 9.84 Å². The summed E-state index contributed by atoms with van der Waals surface area (Å²) in [6.45, 7) is 7.13. The molecule has 0 amide bonds. The summed E-state index contributed by atoms with van der Waals surface area (Å²) in [4.78, 5) is 0. The van der Waals surface area contributed by atoms with Crippen molar-refractivity contribution in [3.63, 3.8) is 0 Å². The molecule has 0 fully saturated rings. The monoisotopic (exact) mass is 236 g/mol. The molecule has 0 radical (unpaired) electrons. The fourth-order valence-corrected chi connectivity index (χ4v) is 1.78. The summed E-state index contributed by atoms with van der Waals surface area (Å²) in [7, 11) is 0. The van der Waals surface area contributed by atoms with E-state index in [2.05, 4.69) is 13.8 Å². The summed E-state index contributed by atoms with van der Waals surface area (Å²) in [6.07, 6.45) is 2.54. The normalized spacial score (nSPS) is 12.8. The average Bonchev–Trinajstić information content (AvgIpc) is 2.34. The predicted octanol–water partition coefficient (Wildman–Crippen LogP) is 3.95. The van der Waals surface area contributed by atoms with Crippen LogP contribution in [0.3, 0.4) is 0 Å². The molecule has 1 rings (SSSR count). The van der Waals surface area contributed by atoms with Crippen LogP contribution in [0.2, 0.25) is 0 Å². The standard InChI is InChI=1S/C15H24O2/c1-4-14(16)13-9-5-6-10-15(13)17-11-7-8-12(2)3/h5-6,9-10,12,14,16H,4,7-8,11H2,1-3H3/t14-/m0/s1. The first-order valence-electron chi connectivity index (χ1n) is 6.55. The summed E-state index contributed by atoms with van der Waals surface area (Å²) in [5.41, 5.74) is 0.902. The number of hydrogen-bond donors (Lipinski definition) is 1. The number of hydrogen-bond acceptors (Lipinski definition) is 2. The molecule has 2 heteroatoms. The zero-order valence-electron chi connectivity index (χ0n) is 11.1. The van der Waals surface area contributed by atoms with E-state index < -0.39 is 6.10 Å². The summed E-state index contributed by atoms with van der Waals surface area (Å²) in [5.74, 6) is 1.54. The average molecular weight is 236 g/mol. The third kappa shape index (κ3) is 4.78. The van der Waals surface area contributed by atoms with E-state index in [1.165, 1.54) is 6.42 Å². The Morgan fingerprint density at radius 2 is 1.94 bits per heavy atom. The fraction of sp³-hybridized carbons (Fsp3) is 0.600. The van der Waals surface area contributed by atoms with Crippen LogP contribution < -0.4 is 4.74 Å². The van der Waals surface area contributed by atoms with Crippen molar-refractivity contribution in [2.24, 2.45) is 5.92 Å². The molecule has 0 aliphatic rings. The predicted molar refractivity (Wildman–Crippen MR) is 71.3 cm³/mol. The van der Waals surface area contributed by atoms with Gasteiger partial charge in [-0.2, -0.15) is 0 Å². The van der Waals surface area contributed by atoms with E-state index in [0.29, 0.717) is 6.42 Å². The minimum atomic E-state index is -0.420. The Bertz CT molecular complexity index is 320. The molecule has 1 aromatic carbocycles. The maximum Gasteiger partial charge on any atom is 0.125 e. The van der Waals surface area contributed by atoms with Gasteiger partial charge in [0.15, 0.2) is 0 Å². The van der Waals surface area contributed by atoms with E-state index >= 15 is 0 Å². The lowest BCUT2D eigenvalue weighted by Crippen LogP contribution is -2.04. The Labute approximate surface area is 105 Å². The van der Waals surface area contributed by atoms with Crippen LogP contribution in [-0.4, -0.2) is 11.7 Å². The van der Waals surface area contributed by atoms with Gasteiger partial charge in [0.2, 0.25) is 0 Å². The van der Waals surface area contributed by atoms with Gasteiger partial charge in [0.1, 0.15) is 5.75 Å². The molecule has 0 aromatic heterocycles. The maximum absolute atomic E-state index is 9.87. The zero-order valence-corrected chi connectivity index (χ0v) is 11.1. The number of aliphatic hydroxyl groups excluding tert-OH is 1. The minimum Gasteiger partial charge on any atom is -0.493 e. The molecule has 0 heterocycles. The van der Waals surface area contributed by atoms with E-state index in [9.17, 15) is 5.11 Å². The molecule has 96 valence electrons. The first-order valence-corrected chi connectivity index (χ1v) is 6.55. The largest absolute Gasteiger partial charge is 0.493 e. The molecule has 0 bridgehead atoms. The highest BCUT2D eigenvalue weighted by molar-refractivity contribution is 5.34. The van der Waals surface area contributed by atoms with Crippen LogP contribution in [0, 0.1) is 5.92 Å². The second-order valence-electron chi connectivity index (χ2n) is 4.85. The molecule has 2 nitrogen and oxygen atoms in total. The fourth-order valence-electron chi connectivity index (χ4n) is 1.78. The summed E-state index contributed by atoms with van der Waals surface area (Å²) in [6, 6.07) is 7.76. The molecule has 1 aromatic rings. The van der Waals surface area contributed by atoms with Crippen molar-refractivity contribution in [3.8, 4) is 5.75 Å². The van der Waals surface area contributed by atoms with Crippen molar-refractivity contribution in [3.05, 3.63) is 29.8 Å². The van der Waals surface area contributed by atoms with Gasteiger partial charge in [-0.25, -0.2) is 0 Å². The van der Waals surface area contributed by atoms with Gasteiger partial charge in [-0.1, -0.05) is 39.0 Å². The van der Waals surface area contributed by atoms with Gasteiger partial charge < -0.3 is 9.84 Å². The second kappa shape index (κ2) is 7.33. The van der Waals surface area contributed by atoms with E-state index in [4.69, 9.17) is 4.74 Å². The molecule has 0 saturated heterocycles. The number of benzene rings is 1. The molecule has 1 atom stereocenters. The SMILES string of the molecule is CC[C@H](O)c1ccccc1OCCCC(C)C. The topological polar surface area (TPSA) is 29.5 Å². The summed E-state index contributed by atoms with van der Waals surface area (Å²) in [5, 5.41) is 9.87. The lowest BCUT2D eigenvalue weighted by molar-refractivity contribution is 0.166. The first-order chi connectivity index (χ1) is 8.15. The van der Waals surface area contributed by atoms with E-state index in [1.807, 2.05) is 31.2 Å². The van der Waals surface area contributed by atoms with Crippen LogP contribution in [0.15, 0.2) is 24.3 Å². The Morgan fingerprint density at radius 3 is 2.59 bits per heavy atom. The van der Waals surface area contributed by atoms with Gasteiger partial charge in [0.05, 0.1) is 12.7 Å². The minimum absolute atomic E-state index is 0.420. The van der Waals surface area contributed by atoms with Crippen molar-refractivity contribution >= 4 is 0 Å². The lowest BCUT2D eigenvalue weighted by Gasteiger charge is -2.15. The zero-order chi connectivity index (χ0) is 12.7. The number of rotatable bonds is 7. The van der Waals surface area contributed by atoms with Crippen LogP contribution in [0.25, 0.3) is 0 Å². The third-order valence-electron chi connectivity index (χ3n) is 2.85. The smallest absolute Gasteiger partial charge is 0.125 e. The quantitative estimate of drug-likeness (QED) is 0.726. The van der Waals surface area contributed by atoms with Crippen molar-refractivity contribution in [1.29, 1.82) is 0 Å². The Balaban J connectivity index is 2.52. The first kappa shape index (κ1) is 14.0. The molecule has 1 N–H and O–H groups in total. The molecule has 17 heavy (non-hydrogen) atoms. The highest BCUT2D eigenvalue weighted by atomic mass is 16.5. The molecule has 0 aliphatic heterocycles. The molecule has 0 unspecified atom stereocenters.